The van der Waals surface area contributed by atoms with Gasteiger partial charge in [-0.25, -0.2) is 9.79 Å². The Bertz CT molecular complexity index is 1030. The number of hydrogen-bond donors (Lipinski definition) is 2. The smallest absolute Gasteiger partial charge is 0.379 e. The number of aromatic nitrogens is 2. The van der Waals surface area contributed by atoms with Crippen LogP contribution in [-0.2, 0) is 11.2 Å². The minimum absolute atomic E-state index is 0.0740. The van der Waals surface area contributed by atoms with Gasteiger partial charge in [0.05, 0.1) is 7.11 Å². The van der Waals surface area contributed by atoms with E-state index in [1.165, 1.54) is 13.3 Å². The maximum absolute atomic E-state index is 12.9. The standard InChI is InChI=1S/C20H27N5O5S/c1-11(7-9-28-4)10-14-13(3)15(29-5)18(27)30-16(14)17(26)23-20-25-24-19(31-20)22-12(2)6-8-21/h6,8,11H,7,9-10,21H2,1-5H3,(H,23,25,26)/b8-6-,22-12+. The van der Waals surface area contributed by atoms with Gasteiger partial charge in [0.1, 0.15) is 0 Å². The molecule has 3 N–H and O–H groups in total. The van der Waals surface area contributed by atoms with E-state index in [9.17, 15) is 9.59 Å². The second kappa shape index (κ2) is 11.4. The van der Waals surface area contributed by atoms with E-state index in [0.717, 1.165) is 17.8 Å². The topological polar surface area (TPSA) is 142 Å². The SMILES string of the molecule is COCCC(C)Cc1c(C(=O)Nc2nnc(/N=C(C)/C=C\N)s2)oc(=O)c(OC)c1C. The molecule has 2 aromatic rings. The monoisotopic (exact) mass is 449 g/mol. The van der Waals surface area contributed by atoms with Crippen LogP contribution in [0.2, 0.25) is 0 Å². The summed E-state index contributed by atoms with van der Waals surface area (Å²) >= 11 is 1.08. The summed E-state index contributed by atoms with van der Waals surface area (Å²) in [5.41, 5.74) is 6.43. The maximum Gasteiger partial charge on any atom is 0.379 e. The second-order valence-electron chi connectivity index (χ2n) is 6.90. The number of carbonyl (C=O) groups is 1. The summed E-state index contributed by atoms with van der Waals surface area (Å²) in [6.07, 6.45) is 4.28. The lowest BCUT2D eigenvalue weighted by atomic mass is 9.94. The fraction of sp³-hybridized carbons (Fsp3) is 0.450. The number of rotatable bonds is 10. The zero-order valence-electron chi connectivity index (χ0n) is 18.2. The molecule has 0 aliphatic carbocycles. The van der Waals surface area contributed by atoms with E-state index in [0.29, 0.717) is 35.0 Å². The summed E-state index contributed by atoms with van der Waals surface area (Å²) in [4.78, 5) is 29.5. The Morgan fingerprint density at radius 2 is 2.13 bits per heavy atom. The van der Waals surface area contributed by atoms with Crippen molar-refractivity contribution in [3.63, 3.8) is 0 Å². The number of nitrogens with zero attached hydrogens (tertiary/aromatic N) is 3. The number of nitrogens with one attached hydrogen (secondary N) is 1. The maximum atomic E-state index is 12.9. The van der Waals surface area contributed by atoms with Gasteiger partial charge in [-0.3, -0.25) is 10.1 Å². The third-order valence-electron chi connectivity index (χ3n) is 4.47. The van der Waals surface area contributed by atoms with Crippen LogP contribution in [0.3, 0.4) is 0 Å². The van der Waals surface area contributed by atoms with E-state index in [2.05, 4.69) is 20.5 Å². The molecule has 168 valence electrons. The first-order valence-corrected chi connectivity index (χ1v) is 10.4. The predicted molar refractivity (Wildman–Crippen MR) is 120 cm³/mol. The Balaban J connectivity index is 2.33. The van der Waals surface area contributed by atoms with Gasteiger partial charge in [-0.05, 0) is 44.9 Å². The van der Waals surface area contributed by atoms with Gasteiger partial charge < -0.3 is 19.6 Å². The van der Waals surface area contributed by atoms with Gasteiger partial charge in [-0.15, -0.1) is 10.2 Å². The van der Waals surface area contributed by atoms with E-state index in [1.54, 1.807) is 27.0 Å². The van der Waals surface area contributed by atoms with Gasteiger partial charge in [0.2, 0.25) is 16.0 Å². The van der Waals surface area contributed by atoms with Gasteiger partial charge in [-0.2, -0.15) is 0 Å². The third-order valence-corrected chi connectivity index (χ3v) is 5.20. The molecule has 2 rings (SSSR count). The van der Waals surface area contributed by atoms with Crippen LogP contribution in [0.1, 0.15) is 41.9 Å². The largest absolute Gasteiger partial charge is 0.490 e. The van der Waals surface area contributed by atoms with Crippen molar-refractivity contribution in [3.8, 4) is 5.75 Å². The first-order chi connectivity index (χ1) is 14.8. The van der Waals surface area contributed by atoms with Gasteiger partial charge in [0.25, 0.3) is 5.91 Å². The van der Waals surface area contributed by atoms with Crippen molar-refractivity contribution < 1.29 is 18.7 Å². The van der Waals surface area contributed by atoms with Crippen molar-refractivity contribution in [2.24, 2.45) is 16.6 Å². The van der Waals surface area contributed by atoms with Crippen molar-refractivity contribution in [3.05, 3.63) is 39.6 Å². The fourth-order valence-corrected chi connectivity index (χ4v) is 3.56. The highest BCUT2D eigenvalue weighted by Gasteiger charge is 2.24. The molecule has 0 bridgehead atoms. The van der Waals surface area contributed by atoms with Crippen LogP contribution in [0, 0.1) is 12.8 Å². The molecule has 0 aromatic carbocycles. The van der Waals surface area contributed by atoms with E-state index >= 15 is 0 Å². The molecule has 2 aromatic heterocycles. The number of nitrogens with two attached hydrogens (primary N) is 1. The Morgan fingerprint density at radius 1 is 1.39 bits per heavy atom. The number of anilines is 1. The van der Waals surface area contributed by atoms with E-state index < -0.39 is 11.5 Å². The molecule has 1 amide bonds. The molecule has 31 heavy (non-hydrogen) atoms. The zero-order chi connectivity index (χ0) is 23.0. The zero-order valence-corrected chi connectivity index (χ0v) is 19.0. The van der Waals surface area contributed by atoms with Gasteiger partial charge >= 0.3 is 5.63 Å². The average Bonchev–Trinajstić information content (AvgIpc) is 3.15. The van der Waals surface area contributed by atoms with Crippen molar-refractivity contribution >= 4 is 33.2 Å². The lowest BCUT2D eigenvalue weighted by Crippen LogP contribution is -2.21. The van der Waals surface area contributed by atoms with Gasteiger partial charge in [0, 0.05) is 30.6 Å². The van der Waals surface area contributed by atoms with Crippen LogP contribution in [0.25, 0.3) is 0 Å². The quantitative estimate of drug-likeness (QED) is 0.527. The third kappa shape index (κ3) is 6.46. The number of hydrogen-bond acceptors (Lipinski definition) is 10. The first-order valence-electron chi connectivity index (χ1n) is 9.58. The van der Waals surface area contributed by atoms with Crippen molar-refractivity contribution in [2.45, 2.75) is 33.6 Å². The molecule has 0 spiro atoms. The van der Waals surface area contributed by atoms with Gasteiger partial charge in [-0.1, -0.05) is 18.3 Å². The highest BCUT2D eigenvalue weighted by atomic mass is 32.1. The molecular weight excluding hydrogens is 422 g/mol. The number of ether oxygens (including phenoxy) is 2. The number of carbonyl (C=O) groups excluding carboxylic acids is 1. The summed E-state index contributed by atoms with van der Waals surface area (Å²) < 4.78 is 15.6. The van der Waals surface area contributed by atoms with Crippen LogP contribution in [-0.4, -0.2) is 42.6 Å². The summed E-state index contributed by atoms with van der Waals surface area (Å²) in [5.74, 6) is -0.401. The van der Waals surface area contributed by atoms with Crippen LogP contribution < -0.4 is 21.4 Å². The van der Waals surface area contributed by atoms with E-state index in [1.807, 2.05) is 6.92 Å². The van der Waals surface area contributed by atoms with Crippen LogP contribution in [0.5, 0.6) is 5.75 Å². The molecule has 1 unspecified atom stereocenters. The minimum atomic E-state index is -0.717. The molecule has 0 saturated carbocycles. The number of amides is 1. The Kier molecular flexibility index (Phi) is 8.88. The summed E-state index contributed by atoms with van der Waals surface area (Å²) in [7, 11) is 3.03. The normalized spacial score (nSPS) is 12.9. The summed E-state index contributed by atoms with van der Waals surface area (Å²) in [5, 5.41) is 11.0. The molecule has 0 aliphatic heterocycles. The molecule has 10 nitrogen and oxygen atoms in total. The van der Waals surface area contributed by atoms with Crippen molar-refractivity contribution in [2.75, 3.05) is 26.1 Å². The average molecular weight is 450 g/mol. The summed E-state index contributed by atoms with van der Waals surface area (Å²) in [6.45, 7) is 6.11. The lowest BCUT2D eigenvalue weighted by Gasteiger charge is -2.16. The predicted octanol–water partition coefficient (Wildman–Crippen LogP) is 2.84. The number of aliphatic imine (C=N–C) groups is 1. The van der Waals surface area contributed by atoms with Crippen LogP contribution in [0.4, 0.5) is 10.3 Å². The Morgan fingerprint density at radius 3 is 2.77 bits per heavy atom. The number of allylic oxidation sites excluding steroid dienone is 1. The van der Waals surface area contributed by atoms with Crippen molar-refractivity contribution in [1.82, 2.24) is 10.2 Å². The second-order valence-corrected chi connectivity index (χ2v) is 7.86. The molecule has 0 radical (unpaired) electrons. The van der Waals surface area contributed by atoms with Crippen molar-refractivity contribution in [1.29, 1.82) is 0 Å². The number of methoxy groups -OCH3 is 2. The summed E-state index contributed by atoms with van der Waals surface area (Å²) in [6, 6.07) is 0. The fourth-order valence-electron chi connectivity index (χ4n) is 2.89. The molecule has 0 aliphatic rings. The minimum Gasteiger partial charge on any atom is -0.490 e. The molecule has 0 saturated heterocycles. The molecule has 0 fully saturated rings. The highest BCUT2D eigenvalue weighted by molar-refractivity contribution is 7.18. The first kappa shape index (κ1) is 24.2. The molecule has 11 heteroatoms. The van der Waals surface area contributed by atoms with E-state index in [-0.39, 0.29) is 22.6 Å². The highest BCUT2D eigenvalue weighted by Crippen LogP contribution is 2.27. The van der Waals surface area contributed by atoms with Crippen LogP contribution in [0.15, 0.2) is 26.5 Å². The Labute approximate surface area is 184 Å². The molecular formula is C20H27N5O5S. The molecule has 2 heterocycles. The Hall–Kier alpha value is -3.05. The van der Waals surface area contributed by atoms with E-state index in [4.69, 9.17) is 19.6 Å². The van der Waals surface area contributed by atoms with Gasteiger partial charge in [0.15, 0.2) is 5.76 Å². The van der Waals surface area contributed by atoms with Crippen LogP contribution >= 0.6 is 11.3 Å². The molecule has 1 atom stereocenters. The lowest BCUT2D eigenvalue weighted by molar-refractivity contribution is 0.0988.